The molecule has 0 N–H and O–H groups in total. The van der Waals surface area contributed by atoms with Gasteiger partial charge >= 0.3 is 0 Å². The minimum absolute atomic E-state index is 0.574. The van der Waals surface area contributed by atoms with Crippen LogP contribution in [0.3, 0.4) is 0 Å². The highest BCUT2D eigenvalue weighted by Gasteiger charge is 2.09. The normalized spacial score (nSPS) is 11.3. The molecule has 0 atom stereocenters. The Morgan fingerprint density at radius 3 is 2.61 bits per heavy atom. The lowest BCUT2D eigenvalue weighted by atomic mass is 10.1. The van der Waals surface area contributed by atoms with E-state index in [-0.39, 0.29) is 0 Å². The Bertz CT molecular complexity index is 902. The second-order valence-electron chi connectivity index (χ2n) is 5.07. The third-order valence-electron chi connectivity index (χ3n) is 3.48. The Hall–Kier alpha value is -2.41. The van der Waals surface area contributed by atoms with Gasteiger partial charge in [-0.3, -0.25) is 0 Å². The summed E-state index contributed by atoms with van der Waals surface area (Å²) in [6, 6.07) is 17.8. The zero-order valence-corrected chi connectivity index (χ0v) is 14.0. The van der Waals surface area contributed by atoms with E-state index in [1.165, 1.54) is 11.3 Å². The summed E-state index contributed by atoms with van der Waals surface area (Å²) in [4.78, 5) is 4.59. The van der Waals surface area contributed by atoms with Crippen LogP contribution in [0.1, 0.15) is 16.1 Å². The predicted octanol–water partition coefficient (Wildman–Crippen LogP) is 5.84. The molecule has 0 unspecified atom stereocenters. The second-order valence-corrected chi connectivity index (χ2v) is 6.37. The Balaban J connectivity index is 1.96. The third kappa shape index (κ3) is 3.50. The maximum atomic E-state index is 9.48. The quantitative estimate of drug-likeness (QED) is 0.564. The van der Waals surface area contributed by atoms with Gasteiger partial charge in [0.25, 0.3) is 0 Å². The topological polar surface area (TPSA) is 36.7 Å². The standard InChI is InChI=1S/C19H13ClN2S/c1-13-4-2-3-5-15(13)10-16(11-21)19-22-18(12-23-19)14-6-8-17(20)9-7-14/h2-10,12H,1H3/b16-10+. The summed E-state index contributed by atoms with van der Waals surface area (Å²) in [6.07, 6.45) is 1.89. The SMILES string of the molecule is Cc1ccccc1/C=C(\C#N)c1nc(-c2ccc(Cl)cc2)cs1. The molecule has 0 radical (unpaired) electrons. The van der Waals surface area contributed by atoms with Crippen LogP contribution in [0, 0.1) is 18.3 Å². The van der Waals surface area contributed by atoms with Gasteiger partial charge in [0.15, 0.2) is 0 Å². The molecule has 0 aliphatic carbocycles. The number of aryl methyl sites for hydroxylation is 1. The van der Waals surface area contributed by atoms with Crippen molar-refractivity contribution in [1.82, 2.24) is 4.98 Å². The average molecular weight is 337 g/mol. The number of halogens is 1. The van der Waals surface area contributed by atoms with Gasteiger partial charge in [0.05, 0.1) is 11.3 Å². The molecule has 23 heavy (non-hydrogen) atoms. The fourth-order valence-electron chi connectivity index (χ4n) is 2.20. The number of rotatable bonds is 3. The Kier molecular flexibility index (Phi) is 4.57. The van der Waals surface area contributed by atoms with Gasteiger partial charge in [-0.1, -0.05) is 48.0 Å². The lowest BCUT2D eigenvalue weighted by Gasteiger charge is -2.00. The van der Waals surface area contributed by atoms with Crippen molar-refractivity contribution in [3.8, 4) is 17.3 Å². The maximum Gasteiger partial charge on any atom is 0.134 e. The number of allylic oxidation sites excluding steroid dienone is 1. The summed E-state index contributed by atoms with van der Waals surface area (Å²) in [6.45, 7) is 2.03. The van der Waals surface area contributed by atoms with Gasteiger partial charge in [0, 0.05) is 16.0 Å². The number of thiazole rings is 1. The van der Waals surface area contributed by atoms with Crippen LogP contribution in [-0.4, -0.2) is 4.98 Å². The van der Waals surface area contributed by atoms with Gasteiger partial charge in [-0.2, -0.15) is 5.26 Å². The summed E-state index contributed by atoms with van der Waals surface area (Å²) in [5.41, 5.74) is 4.59. The zero-order valence-electron chi connectivity index (χ0n) is 12.5. The van der Waals surface area contributed by atoms with Gasteiger partial charge in [-0.05, 0) is 36.3 Å². The monoisotopic (exact) mass is 336 g/mol. The van der Waals surface area contributed by atoms with E-state index < -0.39 is 0 Å². The van der Waals surface area contributed by atoms with Crippen LogP contribution in [0.4, 0.5) is 0 Å². The highest BCUT2D eigenvalue weighted by atomic mass is 35.5. The first-order valence-corrected chi connectivity index (χ1v) is 8.32. The van der Waals surface area contributed by atoms with Gasteiger partial charge in [0.2, 0.25) is 0 Å². The molecule has 3 rings (SSSR count). The number of nitriles is 1. The van der Waals surface area contributed by atoms with Crippen LogP contribution in [0.25, 0.3) is 22.9 Å². The Morgan fingerprint density at radius 2 is 1.91 bits per heavy atom. The number of aromatic nitrogens is 1. The van der Waals surface area contributed by atoms with Crippen molar-refractivity contribution in [2.45, 2.75) is 6.92 Å². The fourth-order valence-corrected chi connectivity index (χ4v) is 3.12. The molecule has 0 aliphatic rings. The summed E-state index contributed by atoms with van der Waals surface area (Å²) < 4.78 is 0. The van der Waals surface area contributed by atoms with E-state index in [2.05, 4.69) is 11.1 Å². The molecule has 2 nitrogen and oxygen atoms in total. The van der Waals surface area contributed by atoms with Crippen molar-refractivity contribution in [1.29, 1.82) is 5.26 Å². The van der Waals surface area contributed by atoms with Gasteiger partial charge in [0.1, 0.15) is 11.1 Å². The van der Waals surface area contributed by atoms with Gasteiger partial charge < -0.3 is 0 Å². The highest BCUT2D eigenvalue weighted by Crippen LogP contribution is 2.28. The zero-order chi connectivity index (χ0) is 16.2. The first-order valence-electron chi connectivity index (χ1n) is 7.06. The molecular formula is C19H13ClN2S. The minimum atomic E-state index is 0.574. The molecule has 0 amide bonds. The van der Waals surface area contributed by atoms with Crippen molar-refractivity contribution in [3.05, 3.63) is 75.1 Å². The number of hydrogen-bond donors (Lipinski definition) is 0. The molecular weight excluding hydrogens is 324 g/mol. The van der Waals surface area contributed by atoms with E-state index in [1.807, 2.05) is 66.9 Å². The van der Waals surface area contributed by atoms with E-state index in [4.69, 9.17) is 11.6 Å². The van der Waals surface area contributed by atoms with E-state index >= 15 is 0 Å². The molecule has 0 saturated carbocycles. The maximum absolute atomic E-state index is 9.48. The molecule has 112 valence electrons. The summed E-state index contributed by atoms with van der Waals surface area (Å²) in [7, 11) is 0. The molecule has 3 aromatic rings. The van der Waals surface area contributed by atoms with Crippen LogP contribution in [-0.2, 0) is 0 Å². The summed E-state index contributed by atoms with van der Waals surface area (Å²) >= 11 is 7.38. The van der Waals surface area contributed by atoms with Crippen molar-refractivity contribution < 1.29 is 0 Å². The van der Waals surface area contributed by atoms with Crippen molar-refractivity contribution in [3.63, 3.8) is 0 Å². The minimum Gasteiger partial charge on any atom is -0.235 e. The number of nitrogens with zero attached hydrogens (tertiary/aromatic N) is 2. The predicted molar refractivity (Wildman–Crippen MR) is 97.2 cm³/mol. The molecule has 1 aromatic heterocycles. The van der Waals surface area contributed by atoms with Gasteiger partial charge in [-0.15, -0.1) is 11.3 Å². The van der Waals surface area contributed by atoms with Crippen molar-refractivity contribution in [2.24, 2.45) is 0 Å². The third-order valence-corrected chi connectivity index (χ3v) is 4.61. The second kappa shape index (κ2) is 6.78. The fraction of sp³-hybridized carbons (Fsp3) is 0.0526. The number of benzene rings is 2. The van der Waals surface area contributed by atoms with E-state index in [0.29, 0.717) is 10.6 Å². The first kappa shape index (κ1) is 15.5. The lowest BCUT2D eigenvalue weighted by Crippen LogP contribution is -1.84. The van der Waals surface area contributed by atoms with Crippen LogP contribution in [0.2, 0.25) is 5.02 Å². The summed E-state index contributed by atoms with van der Waals surface area (Å²) in [5, 5.41) is 12.9. The van der Waals surface area contributed by atoms with Crippen LogP contribution < -0.4 is 0 Å². The molecule has 4 heteroatoms. The largest absolute Gasteiger partial charge is 0.235 e. The van der Waals surface area contributed by atoms with Crippen molar-refractivity contribution >= 4 is 34.6 Å². The average Bonchev–Trinajstić information content (AvgIpc) is 3.04. The van der Waals surface area contributed by atoms with Gasteiger partial charge in [-0.25, -0.2) is 4.98 Å². The first-order chi connectivity index (χ1) is 11.2. The smallest absolute Gasteiger partial charge is 0.134 e. The number of hydrogen-bond acceptors (Lipinski definition) is 3. The van der Waals surface area contributed by atoms with Crippen LogP contribution >= 0.6 is 22.9 Å². The highest BCUT2D eigenvalue weighted by molar-refractivity contribution is 7.11. The van der Waals surface area contributed by atoms with E-state index in [0.717, 1.165) is 27.4 Å². The van der Waals surface area contributed by atoms with E-state index in [1.54, 1.807) is 0 Å². The van der Waals surface area contributed by atoms with E-state index in [9.17, 15) is 5.26 Å². The summed E-state index contributed by atoms with van der Waals surface area (Å²) in [5.74, 6) is 0. The van der Waals surface area contributed by atoms with Crippen LogP contribution in [0.5, 0.6) is 0 Å². The molecule has 0 bridgehead atoms. The molecule has 2 aromatic carbocycles. The van der Waals surface area contributed by atoms with Crippen LogP contribution in [0.15, 0.2) is 53.9 Å². The molecule has 0 aliphatic heterocycles. The molecule has 1 heterocycles. The Labute approximate surface area is 144 Å². The molecule has 0 saturated heterocycles. The van der Waals surface area contributed by atoms with Crippen molar-refractivity contribution in [2.75, 3.05) is 0 Å². The lowest BCUT2D eigenvalue weighted by molar-refractivity contribution is 1.37. The molecule has 0 fully saturated rings. The Morgan fingerprint density at radius 1 is 1.17 bits per heavy atom. The molecule has 0 spiro atoms.